The Morgan fingerprint density at radius 3 is 2.78 bits per heavy atom. The summed E-state index contributed by atoms with van der Waals surface area (Å²) in [5, 5.41) is 11.5. The molecule has 5 nitrogen and oxygen atoms in total. The summed E-state index contributed by atoms with van der Waals surface area (Å²) in [6.45, 7) is 4.05. The van der Waals surface area contributed by atoms with Crippen LogP contribution >= 0.6 is 0 Å². The number of hydrogen-bond acceptors (Lipinski definition) is 3. The van der Waals surface area contributed by atoms with Crippen molar-refractivity contribution in [3.05, 3.63) is 29.6 Å². The van der Waals surface area contributed by atoms with Gasteiger partial charge in [-0.25, -0.2) is 0 Å². The van der Waals surface area contributed by atoms with Crippen LogP contribution in [0.1, 0.15) is 35.8 Å². The Labute approximate surface area is 106 Å². The molecular weight excluding hydrogens is 232 g/mol. The average molecular weight is 250 g/mol. The van der Waals surface area contributed by atoms with Gasteiger partial charge in [-0.1, -0.05) is 13.3 Å². The van der Waals surface area contributed by atoms with Crippen LogP contribution in [-0.2, 0) is 4.79 Å². The molecule has 0 fully saturated rings. The van der Waals surface area contributed by atoms with E-state index in [1.807, 2.05) is 6.92 Å². The first-order valence-corrected chi connectivity index (χ1v) is 5.96. The smallest absolute Gasteiger partial charge is 0.303 e. The van der Waals surface area contributed by atoms with Crippen LogP contribution in [0.15, 0.2) is 18.3 Å². The van der Waals surface area contributed by atoms with Crippen LogP contribution < -0.4 is 5.32 Å². The lowest BCUT2D eigenvalue weighted by atomic mass is 10.0. The monoisotopic (exact) mass is 250 g/mol. The number of aromatic nitrogens is 1. The van der Waals surface area contributed by atoms with E-state index in [0.717, 1.165) is 6.42 Å². The number of amides is 1. The van der Waals surface area contributed by atoms with Crippen LogP contribution in [-0.4, -0.2) is 28.5 Å². The lowest BCUT2D eigenvalue weighted by Gasteiger charge is -2.13. The van der Waals surface area contributed by atoms with Crippen LogP contribution in [0.5, 0.6) is 0 Å². The molecule has 1 unspecified atom stereocenters. The van der Waals surface area contributed by atoms with Crippen LogP contribution in [0.2, 0.25) is 0 Å². The molecule has 0 aromatic carbocycles. The first-order valence-electron chi connectivity index (χ1n) is 5.96. The highest BCUT2D eigenvalue weighted by molar-refractivity contribution is 5.95. The number of nitrogens with zero attached hydrogens (tertiary/aromatic N) is 1. The van der Waals surface area contributed by atoms with E-state index in [9.17, 15) is 9.59 Å². The molecule has 1 rings (SSSR count). The van der Waals surface area contributed by atoms with Crippen molar-refractivity contribution in [3.63, 3.8) is 0 Å². The summed E-state index contributed by atoms with van der Waals surface area (Å²) in [4.78, 5) is 26.5. The lowest BCUT2D eigenvalue weighted by Crippen LogP contribution is -2.30. The van der Waals surface area contributed by atoms with Gasteiger partial charge in [0, 0.05) is 24.9 Å². The van der Waals surface area contributed by atoms with Crippen LogP contribution in [0.25, 0.3) is 0 Å². The Kier molecular flexibility index (Phi) is 5.30. The quantitative estimate of drug-likeness (QED) is 0.804. The maximum Gasteiger partial charge on any atom is 0.303 e. The molecule has 0 bridgehead atoms. The second kappa shape index (κ2) is 6.74. The molecule has 0 aliphatic carbocycles. The number of pyridine rings is 1. The number of carboxylic acids is 1. The Bertz CT molecular complexity index is 432. The van der Waals surface area contributed by atoms with Crippen molar-refractivity contribution in [1.29, 1.82) is 0 Å². The molecule has 5 heteroatoms. The number of rotatable bonds is 6. The van der Waals surface area contributed by atoms with Gasteiger partial charge >= 0.3 is 5.97 Å². The molecular formula is C13H18N2O3. The number of aliphatic carboxylic acids is 1. The Morgan fingerprint density at radius 2 is 2.22 bits per heavy atom. The van der Waals surface area contributed by atoms with Crippen molar-refractivity contribution in [2.24, 2.45) is 5.92 Å². The molecule has 2 N–H and O–H groups in total. The maximum absolute atomic E-state index is 11.9. The summed E-state index contributed by atoms with van der Waals surface area (Å²) in [6, 6.07) is 3.41. The first kappa shape index (κ1) is 14.2. The van der Waals surface area contributed by atoms with Gasteiger partial charge in [0.25, 0.3) is 5.91 Å². The summed E-state index contributed by atoms with van der Waals surface area (Å²) >= 11 is 0. The summed E-state index contributed by atoms with van der Waals surface area (Å²) in [5.74, 6) is -1.08. The SMILES string of the molecule is CCC(CNC(=O)c1cccnc1C)CC(=O)O. The summed E-state index contributed by atoms with van der Waals surface area (Å²) < 4.78 is 0. The highest BCUT2D eigenvalue weighted by Crippen LogP contribution is 2.08. The standard InChI is InChI=1S/C13H18N2O3/c1-3-10(7-12(16)17)8-15-13(18)11-5-4-6-14-9(11)2/h4-6,10H,3,7-8H2,1-2H3,(H,15,18)(H,16,17). The fraction of sp³-hybridized carbons (Fsp3) is 0.462. The Balaban J connectivity index is 2.55. The molecule has 1 aromatic rings. The van der Waals surface area contributed by atoms with E-state index in [-0.39, 0.29) is 18.2 Å². The predicted octanol–water partition coefficient (Wildman–Crippen LogP) is 1.62. The predicted molar refractivity (Wildman–Crippen MR) is 67.3 cm³/mol. The third-order valence-electron chi connectivity index (χ3n) is 2.84. The van der Waals surface area contributed by atoms with Crippen molar-refractivity contribution >= 4 is 11.9 Å². The minimum Gasteiger partial charge on any atom is -0.481 e. The molecule has 0 saturated heterocycles. The normalized spacial score (nSPS) is 11.9. The molecule has 1 aromatic heterocycles. The van der Waals surface area contributed by atoms with E-state index in [4.69, 9.17) is 5.11 Å². The Morgan fingerprint density at radius 1 is 1.50 bits per heavy atom. The molecule has 0 aliphatic rings. The van der Waals surface area contributed by atoms with Gasteiger partial charge in [0.1, 0.15) is 0 Å². The summed E-state index contributed by atoms with van der Waals surface area (Å²) in [7, 11) is 0. The lowest BCUT2D eigenvalue weighted by molar-refractivity contribution is -0.138. The van der Waals surface area contributed by atoms with Gasteiger partial charge in [0.15, 0.2) is 0 Å². The third-order valence-corrected chi connectivity index (χ3v) is 2.84. The minimum atomic E-state index is -0.839. The number of carbonyl (C=O) groups is 2. The van der Waals surface area contributed by atoms with E-state index in [0.29, 0.717) is 17.8 Å². The zero-order chi connectivity index (χ0) is 13.5. The van der Waals surface area contributed by atoms with E-state index in [1.54, 1.807) is 25.3 Å². The fourth-order valence-electron chi connectivity index (χ4n) is 1.66. The molecule has 1 atom stereocenters. The third kappa shape index (κ3) is 4.16. The largest absolute Gasteiger partial charge is 0.481 e. The van der Waals surface area contributed by atoms with Gasteiger partial charge in [-0.2, -0.15) is 0 Å². The van der Waals surface area contributed by atoms with Crippen molar-refractivity contribution in [2.75, 3.05) is 6.54 Å². The Hall–Kier alpha value is -1.91. The molecule has 1 heterocycles. The van der Waals surface area contributed by atoms with E-state index < -0.39 is 5.97 Å². The van der Waals surface area contributed by atoms with E-state index in [1.165, 1.54) is 0 Å². The van der Waals surface area contributed by atoms with Crippen LogP contribution in [0.4, 0.5) is 0 Å². The first-order chi connectivity index (χ1) is 8.54. The van der Waals surface area contributed by atoms with Crippen LogP contribution in [0, 0.1) is 12.8 Å². The van der Waals surface area contributed by atoms with Gasteiger partial charge in [-0.05, 0) is 25.0 Å². The topological polar surface area (TPSA) is 79.3 Å². The van der Waals surface area contributed by atoms with Gasteiger partial charge < -0.3 is 10.4 Å². The zero-order valence-electron chi connectivity index (χ0n) is 10.6. The number of nitrogens with one attached hydrogen (secondary N) is 1. The van der Waals surface area contributed by atoms with Crippen molar-refractivity contribution in [1.82, 2.24) is 10.3 Å². The van der Waals surface area contributed by atoms with E-state index >= 15 is 0 Å². The molecule has 0 aliphatic heterocycles. The summed E-state index contributed by atoms with van der Waals surface area (Å²) in [6.07, 6.45) is 2.42. The maximum atomic E-state index is 11.9. The average Bonchev–Trinajstić information content (AvgIpc) is 2.34. The molecule has 0 spiro atoms. The van der Waals surface area contributed by atoms with Gasteiger partial charge in [-0.15, -0.1) is 0 Å². The van der Waals surface area contributed by atoms with Crippen LogP contribution in [0.3, 0.4) is 0 Å². The molecule has 18 heavy (non-hydrogen) atoms. The number of aryl methyl sites for hydroxylation is 1. The number of carboxylic acid groups (broad SMARTS) is 1. The molecule has 0 saturated carbocycles. The zero-order valence-corrected chi connectivity index (χ0v) is 10.6. The highest BCUT2D eigenvalue weighted by atomic mass is 16.4. The molecule has 98 valence electrons. The van der Waals surface area contributed by atoms with Crippen molar-refractivity contribution in [2.45, 2.75) is 26.7 Å². The van der Waals surface area contributed by atoms with Crippen molar-refractivity contribution < 1.29 is 14.7 Å². The fourth-order valence-corrected chi connectivity index (χ4v) is 1.66. The second-order valence-corrected chi connectivity index (χ2v) is 4.22. The number of carbonyl (C=O) groups excluding carboxylic acids is 1. The van der Waals surface area contributed by atoms with Gasteiger partial charge in [-0.3, -0.25) is 14.6 Å². The van der Waals surface area contributed by atoms with Gasteiger partial charge in [0.05, 0.1) is 5.56 Å². The van der Waals surface area contributed by atoms with E-state index in [2.05, 4.69) is 10.3 Å². The number of hydrogen-bond donors (Lipinski definition) is 2. The molecule has 0 radical (unpaired) electrons. The minimum absolute atomic E-state index is 0.0385. The summed E-state index contributed by atoms with van der Waals surface area (Å²) in [5.41, 5.74) is 1.20. The van der Waals surface area contributed by atoms with Crippen molar-refractivity contribution in [3.8, 4) is 0 Å². The van der Waals surface area contributed by atoms with Gasteiger partial charge in [0.2, 0.25) is 0 Å². The molecule has 1 amide bonds. The highest BCUT2D eigenvalue weighted by Gasteiger charge is 2.14. The second-order valence-electron chi connectivity index (χ2n) is 4.22.